The second-order valence-electron chi connectivity index (χ2n) is 5.02. The maximum Gasteiger partial charge on any atom is 0.172 e. The van der Waals surface area contributed by atoms with Gasteiger partial charge < -0.3 is 0 Å². The molecule has 3 heterocycles. The van der Waals surface area contributed by atoms with Gasteiger partial charge in [0.25, 0.3) is 0 Å². The summed E-state index contributed by atoms with van der Waals surface area (Å²) in [4.78, 5) is 21.4. The molecule has 1 aromatic carbocycles. The lowest BCUT2D eigenvalue weighted by Gasteiger charge is -1.97. The van der Waals surface area contributed by atoms with Crippen molar-refractivity contribution >= 4 is 38.7 Å². The van der Waals surface area contributed by atoms with E-state index in [0.717, 1.165) is 26.4 Å². The van der Waals surface area contributed by atoms with Crippen LogP contribution >= 0.6 is 22.9 Å². The van der Waals surface area contributed by atoms with E-state index in [9.17, 15) is 4.79 Å². The standard InChI is InChI=1S/C17H11N3OS2/c1-10(21)16-14(11-6-8-18-9-7-11)19-17(22-16)15-12-4-2-3-5-13(12)23-20-15/h2-9H,1H3. The molecule has 112 valence electrons. The normalized spacial score (nSPS) is 11.0. The molecule has 0 radical (unpaired) electrons. The van der Waals surface area contributed by atoms with Crippen LogP contribution in [0.4, 0.5) is 0 Å². The fraction of sp³-hybridized carbons (Fsp3) is 0.0588. The summed E-state index contributed by atoms with van der Waals surface area (Å²) in [5, 5.41) is 1.85. The van der Waals surface area contributed by atoms with Gasteiger partial charge in [0.05, 0.1) is 15.3 Å². The number of carbonyl (C=O) groups excluding carboxylic acids is 1. The van der Waals surface area contributed by atoms with E-state index in [1.807, 2.05) is 36.4 Å². The molecule has 0 aliphatic rings. The van der Waals surface area contributed by atoms with Crippen molar-refractivity contribution in [2.24, 2.45) is 0 Å². The minimum absolute atomic E-state index is 0.0140. The molecule has 6 heteroatoms. The molecule has 0 aliphatic carbocycles. The van der Waals surface area contributed by atoms with Crippen molar-refractivity contribution in [3.05, 3.63) is 53.7 Å². The minimum Gasteiger partial charge on any atom is -0.294 e. The molecule has 0 unspecified atom stereocenters. The van der Waals surface area contributed by atoms with E-state index in [4.69, 9.17) is 4.98 Å². The molecule has 0 aliphatic heterocycles. The minimum atomic E-state index is 0.0140. The maximum atomic E-state index is 12.0. The van der Waals surface area contributed by atoms with Crippen molar-refractivity contribution in [3.8, 4) is 22.0 Å². The monoisotopic (exact) mass is 337 g/mol. The average molecular weight is 337 g/mol. The van der Waals surface area contributed by atoms with Crippen LogP contribution in [0.2, 0.25) is 0 Å². The Morgan fingerprint density at radius 3 is 2.61 bits per heavy atom. The van der Waals surface area contributed by atoms with Crippen molar-refractivity contribution in [1.82, 2.24) is 14.3 Å². The summed E-state index contributed by atoms with van der Waals surface area (Å²) in [5.41, 5.74) is 2.45. The van der Waals surface area contributed by atoms with E-state index in [1.165, 1.54) is 22.9 Å². The van der Waals surface area contributed by atoms with Crippen LogP contribution in [0, 0.1) is 0 Å². The summed E-state index contributed by atoms with van der Waals surface area (Å²) >= 11 is 2.85. The van der Waals surface area contributed by atoms with E-state index in [1.54, 1.807) is 19.3 Å². The van der Waals surface area contributed by atoms with Crippen molar-refractivity contribution in [3.63, 3.8) is 0 Å². The first kappa shape index (κ1) is 14.2. The van der Waals surface area contributed by atoms with Crippen LogP contribution in [0.25, 0.3) is 32.0 Å². The molecule has 0 spiro atoms. The van der Waals surface area contributed by atoms with Gasteiger partial charge in [0.15, 0.2) is 5.78 Å². The van der Waals surface area contributed by atoms with Gasteiger partial charge in [-0.1, -0.05) is 18.2 Å². The molecule has 0 amide bonds. The second kappa shape index (κ2) is 5.64. The molecule has 4 rings (SSSR count). The molecule has 0 atom stereocenters. The van der Waals surface area contributed by atoms with Crippen molar-refractivity contribution < 1.29 is 4.79 Å². The van der Waals surface area contributed by atoms with E-state index >= 15 is 0 Å². The number of ketones is 1. The Balaban J connectivity index is 1.93. The van der Waals surface area contributed by atoms with Gasteiger partial charge in [-0.2, -0.15) is 4.37 Å². The highest BCUT2D eigenvalue weighted by atomic mass is 32.1. The number of carbonyl (C=O) groups is 1. The number of rotatable bonds is 3. The number of nitrogens with zero attached hydrogens (tertiary/aromatic N) is 3. The van der Waals surface area contributed by atoms with Crippen LogP contribution in [0.1, 0.15) is 16.6 Å². The van der Waals surface area contributed by atoms with Gasteiger partial charge >= 0.3 is 0 Å². The first-order valence-electron chi connectivity index (χ1n) is 7.01. The van der Waals surface area contributed by atoms with Gasteiger partial charge in [0.2, 0.25) is 0 Å². The highest BCUT2D eigenvalue weighted by Gasteiger charge is 2.20. The number of hydrogen-bond acceptors (Lipinski definition) is 6. The predicted molar refractivity (Wildman–Crippen MR) is 94.0 cm³/mol. The third-order valence-corrected chi connectivity index (χ3v) is 5.47. The second-order valence-corrected chi connectivity index (χ2v) is 6.82. The Hall–Kier alpha value is -2.44. The molecule has 0 saturated carbocycles. The smallest absolute Gasteiger partial charge is 0.172 e. The van der Waals surface area contributed by atoms with E-state index in [2.05, 4.69) is 9.36 Å². The molecule has 0 fully saturated rings. The fourth-order valence-electron chi connectivity index (χ4n) is 2.41. The maximum absolute atomic E-state index is 12.0. The summed E-state index contributed by atoms with van der Waals surface area (Å²) in [7, 11) is 0. The van der Waals surface area contributed by atoms with Crippen molar-refractivity contribution in [2.45, 2.75) is 6.92 Å². The summed E-state index contributed by atoms with van der Waals surface area (Å²) in [6.45, 7) is 1.57. The molecule has 0 N–H and O–H groups in total. The number of Topliss-reactive ketones (excluding diaryl/α,β-unsaturated/α-hetero) is 1. The first-order chi connectivity index (χ1) is 11.2. The molecule has 3 aromatic heterocycles. The molecular formula is C17H11N3OS2. The third-order valence-electron chi connectivity index (χ3n) is 3.48. The van der Waals surface area contributed by atoms with Crippen LogP contribution in [-0.2, 0) is 0 Å². The zero-order valence-electron chi connectivity index (χ0n) is 12.2. The number of hydrogen-bond donors (Lipinski definition) is 0. The topological polar surface area (TPSA) is 55.7 Å². The Morgan fingerprint density at radius 1 is 1.04 bits per heavy atom. The number of aromatic nitrogens is 3. The van der Waals surface area contributed by atoms with Crippen LogP contribution in [0.5, 0.6) is 0 Å². The van der Waals surface area contributed by atoms with Gasteiger partial charge in [-0.25, -0.2) is 4.98 Å². The Labute approximate surface area is 140 Å². The molecule has 0 saturated heterocycles. The van der Waals surface area contributed by atoms with Crippen molar-refractivity contribution in [2.75, 3.05) is 0 Å². The molecule has 4 aromatic rings. The number of thiazole rings is 1. The van der Waals surface area contributed by atoms with Crippen LogP contribution in [0.3, 0.4) is 0 Å². The lowest BCUT2D eigenvalue weighted by Crippen LogP contribution is -1.91. The third kappa shape index (κ3) is 2.46. The van der Waals surface area contributed by atoms with E-state index in [-0.39, 0.29) is 5.78 Å². The largest absolute Gasteiger partial charge is 0.294 e. The summed E-state index contributed by atoms with van der Waals surface area (Å²) in [6.07, 6.45) is 3.41. The highest BCUT2D eigenvalue weighted by molar-refractivity contribution is 7.18. The quantitative estimate of drug-likeness (QED) is 0.509. The number of benzene rings is 1. The van der Waals surface area contributed by atoms with Crippen LogP contribution in [0.15, 0.2) is 48.8 Å². The Morgan fingerprint density at radius 2 is 1.83 bits per heavy atom. The molecule has 23 heavy (non-hydrogen) atoms. The summed E-state index contributed by atoms with van der Waals surface area (Å²) in [6, 6.07) is 11.8. The van der Waals surface area contributed by atoms with Gasteiger partial charge in [-0.05, 0) is 29.7 Å². The van der Waals surface area contributed by atoms with Gasteiger partial charge in [0, 0.05) is 30.3 Å². The van der Waals surface area contributed by atoms with Gasteiger partial charge in [-0.15, -0.1) is 11.3 Å². The summed E-state index contributed by atoms with van der Waals surface area (Å²) < 4.78 is 5.66. The fourth-order valence-corrected chi connectivity index (χ4v) is 4.23. The molecular weight excluding hydrogens is 326 g/mol. The zero-order valence-corrected chi connectivity index (χ0v) is 13.8. The Bertz CT molecular complexity index is 1010. The van der Waals surface area contributed by atoms with Gasteiger partial charge in [-0.3, -0.25) is 9.78 Å². The van der Waals surface area contributed by atoms with Crippen molar-refractivity contribution in [1.29, 1.82) is 0 Å². The first-order valence-corrected chi connectivity index (χ1v) is 8.60. The summed E-state index contributed by atoms with van der Waals surface area (Å²) in [5.74, 6) is 0.0140. The zero-order chi connectivity index (χ0) is 15.8. The average Bonchev–Trinajstić information content (AvgIpc) is 3.19. The number of fused-ring (bicyclic) bond motifs is 1. The molecule has 4 nitrogen and oxygen atoms in total. The van der Waals surface area contributed by atoms with E-state index in [0.29, 0.717) is 10.6 Å². The SMILES string of the molecule is CC(=O)c1sc(-c2nsc3ccccc23)nc1-c1ccncc1. The lowest BCUT2D eigenvalue weighted by molar-refractivity contribution is 0.102. The lowest BCUT2D eigenvalue weighted by atomic mass is 10.1. The molecule has 0 bridgehead atoms. The van der Waals surface area contributed by atoms with Crippen LogP contribution in [-0.4, -0.2) is 20.1 Å². The van der Waals surface area contributed by atoms with Gasteiger partial charge in [0.1, 0.15) is 10.7 Å². The van der Waals surface area contributed by atoms with E-state index < -0.39 is 0 Å². The van der Waals surface area contributed by atoms with Crippen LogP contribution < -0.4 is 0 Å². The Kier molecular flexibility index (Phi) is 3.48. The predicted octanol–water partition coefficient (Wildman–Crippen LogP) is 4.68. The highest BCUT2D eigenvalue weighted by Crippen LogP contribution is 2.37. The number of pyridine rings is 1.